The van der Waals surface area contributed by atoms with Gasteiger partial charge in [0, 0.05) is 30.9 Å². The highest BCUT2D eigenvalue weighted by atomic mass is 19.1. The van der Waals surface area contributed by atoms with Crippen LogP contribution in [-0.4, -0.2) is 23.8 Å². The van der Waals surface area contributed by atoms with E-state index in [1.165, 1.54) is 12.1 Å². The van der Waals surface area contributed by atoms with E-state index in [-0.39, 0.29) is 29.3 Å². The lowest BCUT2D eigenvalue weighted by Crippen LogP contribution is -2.28. The first-order chi connectivity index (χ1) is 17.4. The Kier molecular flexibility index (Phi) is 7.82. The third-order valence-electron chi connectivity index (χ3n) is 6.73. The van der Waals surface area contributed by atoms with Gasteiger partial charge in [0.2, 0.25) is 5.88 Å². The Morgan fingerprint density at radius 2 is 1.94 bits per heavy atom. The lowest BCUT2D eigenvalue weighted by molar-refractivity contribution is 0.143. The third kappa shape index (κ3) is 5.81. The molecule has 184 valence electrons. The van der Waals surface area contributed by atoms with Crippen molar-refractivity contribution >= 4 is 0 Å². The SMILES string of the molecule is COCCC1(C)C=CC=CC1Cc1ccc(-c2cccc(OCc3ccc(C#N)cc3F)n2)cc1O. The monoisotopic (exact) mass is 484 g/mol. The van der Waals surface area contributed by atoms with Crippen molar-refractivity contribution in [2.24, 2.45) is 11.3 Å². The first-order valence-electron chi connectivity index (χ1n) is 11.9. The fraction of sp³-hybridized carbons (Fsp3) is 0.267. The van der Waals surface area contributed by atoms with Gasteiger partial charge in [0.1, 0.15) is 18.2 Å². The largest absolute Gasteiger partial charge is 0.508 e. The topological polar surface area (TPSA) is 75.4 Å². The van der Waals surface area contributed by atoms with Crippen LogP contribution < -0.4 is 4.74 Å². The van der Waals surface area contributed by atoms with Crippen LogP contribution in [0.4, 0.5) is 4.39 Å². The summed E-state index contributed by atoms with van der Waals surface area (Å²) in [5.41, 5.74) is 2.82. The summed E-state index contributed by atoms with van der Waals surface area (Å²) in [6.07, 6.45) is 10.2. The number of nitriles is 1. The van der Waals surface area contributed by atoms with Crippen LogP contribution in [0.3, 0.4) is 0 Å². The van der Waals surface area contributed by atoms with E-state index in [1.54, 1.807) is 31.4 Å². The number of allylic oxidation sites excluding steroid dienone is 4. The Hall–Kier alpha value is -3.95. The Morgan fingerprint density at radius 3 is 2.69 bits per heavy atom. The molecule has 0 saturated heterocycles. The summed E-state index contributed by atoms with van der Waals surface area (Å²) in [6.45, 7) is 2.89. The molecule has 1 N–H and O–H groups in total. The molecule has 1 heterocycles. The van der Waals surface area contributed by atoms with Gasteiger partial charge in [-0.1, -0.05) is 55.5 Å². The lowest BCUT2D eigenvalue weighted by atomic mass is 9.70. The molecule has 1 aliphatic carbocycles. The van der Waals surface area contributed by atoms with E-state index >= 15 is 0 Å². The highest BCUT2D eigenvalue weighted by Gasteiger charge is 2.31. The van der Waals surface area contributed by atoms with Crippen LogP contribution in [0.5, 0.6) is 11.6 Å². The van der Waals surface area contributed by atoms with Crippen LogP contribution in [0, 0.1) is 28.5 Å². The molecule has 1 aliphatic rings. The number of pyridine rings is 1. The van der Waals surface area contributed by atoms with Crippen molar-refractivity contribution in [1.82, 2.24) is 4.98 Å². The fourth-order valence-corrected chi connectivity index (χ4v) is 4.38. The number of rotatable bonds is 9. The number of phenolic OH excluding ortho intramolecular Hbond substituents is 1. The van der Waals surface area contributed by atoms with Crippen LogP contribution >= 0.6 is 0 Å². The molecule has 2 aromatic carbocycles. The molecule has 3 aromatic rings. The van der Waals surface area contributed by atoms with Crippen molar-refractivity contribution in [2.75, 3.05) is 13.7 Å². The van der Waals surface area contributed by atoms with Gasteiger partial charge in [0.05, 0.1) is 17.3 Å². The summed E-state index contributed by atoms with van der Waals surface area (Å²) < 4.78 is 25.2. The number of phenols is 1. The average molecular weight is 485 g/mol. The molecular formula is C30H29FN2O3. The van der Waals surface area contributed by atoms with Crippen molar-refractivity contribution in [1.29, 1.82) is 5.26 Å². The van der Waals surface area contributed by atoms with Gasteiger partial charge in [-0.3, -0.25) is 0 Å². The van der Waals surface area contributed by atoms with E-state index in [0.29, 0.717) is 30.2 Å². The van der Waals surface area contributed by atoms with Crippen molar-refractivity contribution < 1.29 is 19.0 Å². The molecule has 36 heavy (non-hydrogen) atoms. The number of halogens is 1. The van der Waals surface area contributed by atoms with Gasteiger partial charge in [-0.2, -0.15) is 5.26 Å². The zero-order chi connectivity index (χ0) is 25.5. The fourth-order valence-electron chi connectivity index (χ4n) is 4.38. The van der Waals surface area contributed by atoms with Gasteiger partial charge < -0.3 is 14.6 Å². The summed E-state index contributed by atoms with van der Waals surface area (Å²) in [5.74, 6) is 0.310. The minimum atomic E-state index is -0.493. The van der Waals surface area contributed by atoms with E-state index in [9.17, 15) is 9.50 Å². The van der Waals surface area contributed by atoms with E-state index in [4.69, 9.17) is 14.7 Å². The van der Waals surface area contributed by atoms with Gasteiger partial charge >= 0.3 is 0 Å². The summed E-state index contributed by atoms with van der Waals surface area (Å²) in [4.78, 5) is 4.52. The maximum absolute atomic E-state index is 14.2. The molecular weight excluding hydrogens is 455 g/mol. The van der Waals surface area contributed by atoms with Crippen molar-refractivity contribution in [3.05, 3.63) is 101 Å². The molecule has 2 atom stereocenters. The second-order valence-corrected chi connectivity index (χ2v) is 9.21. The summed E-state index contributed by atoms with van der Waals surface area (Å²) >= 11 is 0. The standard InChI is InChI=1S/C30H29FN2O3/c1-30(14-15-35-2)13-4-3-6-25(30)17-23-12-11-22(18-28(23)34)27-7-5-8-29(33-27)36-20-24-10-9-21(19-32)16-26(24)31/h3-13,16,18,25,34H,14-15,17,20H2,1-2H3. The van der Waals surface area contributed by atoms with Crippen molar-refractivity contribution in [2.45, 2.75) is 26.4 Å². The van der Waals surface area contributed by atoms with E-state index in [1.807, 2.05) is 24.3 Å². The van der Waals surface area contributed by atoms with Crippen molar-refractivity contribution in [3.8, 4) is 29.0 Å². The van der Waals surface area contributed by atoms with Crippen LogP contribution in [0.15, 0.2) is 78.9 Å². The molecule has 0 saturated carbocycles. The smallest absolute Gasteiger partial charge is 0.214 e. The zero-order valence-corrected chi connectivity index (χ0v) is 20.4. The lowest BCUT2D eigenvalue weighted by Gasteiger charge is -2.35. The Labute approximate surface area is 211 Å². The molecule has 1 aromatic heterocycles. The number of benzene rings is 2. The summed E-state index contributed by atoms with van der Waals surface area (Å²) in [5, 5.41) is 19.7. The van der Waals surface area contributed by atoms with Crippen molar-refractivity contribution in [3.63, 3.8) is 0 Å². The van der Waals surface area contributed by atoms with Crippen LogP contribution in [-0.2, 0) is 17.8 Å². The number of ether oxygens (including phenoxy) is 2. The molecule has 0 fully saturated rings. The molecule has 0 amide bonds. The number of aromatic nitrogens is 1. The van der Waals surface area contributed by atoms with Gasteiger partial charge in [-0.25, -0.2) is 9.37 Å². The van der Waals surface area contributed by atoms with Crippen LogP contribution in [0.25, 0.3) is 11.3 Å². The first-order valence-corrected chi connectivity index (χ1v) is 11.9. The summed E-state index contributed by atoms with van der Waals surface area (Å²) in [6, 6.07) is 17.1. The first kappa shape index (κ1) is 25.2. The Bertz CT molecular complexity index is 1330. The van der Waals surface area contributed by atoms with Gasteiger partial charge in [-0.05, 0) is 54.0 Å². The van der Waals surface area contributed by atoms with Gasteiger partial charge in [0.25, 0.3) is 0 Å². The van der Waals surface area contributed by atoms with E-state index in [2.05, 4.69) is 36.2 Å². The molecule has 0 radical (unpaired) electrons. The maximum Gasteiger partial charge on any atom is 0.214 e. The minimum absolute atomic E-state index is 0.0105. The highest BCUT2D eigenvalue weighted by Crippen LogP contribution is 2.40. The normalized spacial score (nSPS) is 18.7. The number of hydrogen-bond donors (Lipinski definition) is 1. The zero-order valence-electron chi connectivity index (χ0n) is 20.4. The molecule has 6 heteroatoms. The molecule has 0 spiro atoms. The molecule has 5 nitrogen and oxygen atoms in total. The predicted molar refractivity (Wildman–Crippen MR) is 137 cm³/mol. The molecule has 2 unspecified atom stereocenters. The Morgan fingerprint density at radius 1 is 1.11 bits per heavy atom. The maximum atomic E-state index is 14.2. The number of aromatic hydroxyl groups is 1. The number of nitrogens with zero attached hydrogens (tertiary/aromatic N) is 2. The van der Waals surface area contributed by atoms with E-state index < -0.39 is 5.82 Å². The predicted octanol–water partition coefficient (Wildman–Crippen LogP) is 6.37. The number of methoxy groups -OCH3 is 1. The second-order valence-electron chi connectivity index (χ2n) is 9.21. The second kappa shape index (κ2) is 11.2. The minimum Gasteiger partial charge on any atom is -0.508 e. The molecule has 0 bridgehead atoms. The quantitative estimate of drug-likeness (QED) is 0.382. The van der Waals surface area contributed by atoms with Crippen LogP contribution in [0.1, 0.15) is 30.0 Å². The number of hydrogen-bond acceptors (Lipinski definition) is 5. The average Bonchev–Trinajstić information content (AvgIpc) is 2.89. The third-order valence-corrected chi connectivity index (χ3v) is 6.73. The highest BCUT2D eigenvalue weighted by molar-refractivity contribution is 5.63. The Balaban J connectivity index is 1.47. The van der Waals surface area contributed by atoms with Crippen LogP contribution in [0.2, 0.25) is 0 Å². The molecule has 0 aliphatic heterocycles. The van der Waals surface area contributed by atoms with Gasteiger partial charge in [-0.15, -0.1) is 0 Å². The summed E-state index contributed by atoms with van der Waals surface area (Å²) in [7, 11) is 1.71. The van der Waals surface area contributed by atoms with E-state index in [0.717, 1.165) is 17.5 Å². The van der Waals surface area contributed by atoms with Gasteiger partial charge in [0.15, 0.2) is 0 Å². The molecule has 4 rings (SSSR count).